The van der Waals surface area contributed by atoms with E-state index in [4.69, 9.17) is 4.52 Å². The van der Waals surface area contributed by atoms with Crippen molar-refractivity contribution in [1.29, 1.82) is 0 Å². The number of benzene rings is 1. The van der Waals surface area contributed by atoms with Gasteiger partial charge in [0.05, 0.1) is 17.1 Å². The van der Waals surface area contributed by atoms with Gasteiger partial charge in [-0.1, -0.05) is 31.1 Å². The standard InChI is InChI=1S/C17H20N4O2/c1-10(2)8-14(20-17(22)15-9-11(3)23-21-15)16-18-12-6-4-5-7-13(12)19-16/h4-7,9-10,14H,8H2,1-3H3,(H,18,19)(H,20,22). The Hall–Kier alpha value is -2.63. The van der Waals surface area contributed by atoms with Gasteiger partial charge >= 0.3 is 0 Å². The van der Waals surface area contributed by atoms with Gasteiger partial charge in [0.2, 0.25) is 0 Å². The highest BCUT2D eigenvalue weighted by Crippen LogP contribution is 2.22. The highest BCUT2D eigenvalue weighted by atomic mass is 16.5. The summed E-state index contributed by atoms with van der Waals surface area (Å²) in [6, 6.07) is 9.25. The number of carbonyl (C=O) groups excluding carboxylic acids is 1. The number of aromatic amines is 1. The van der Waals surface area contributed by atoms with Gasteiger partial charge in [0.15, 0.2) is 5.69 Å². The number of nitrogens with zero attached hydrogens (tertiary/aromatic N) is 2. The quantitative estimate of drug-likeness (QED) is 0.756. The van der Waals surface area contributed by atoms with Crippen LogP contribution in [-0.4, -0.2) is 21.0 Å². The summed E-state index contributed by atoms with van der Waals surface area (Å²) < 4.78 is 4.97. The Morgan fingerprint density at radius 1 is 1.35 bits per heavy atom. The summed E-state index contributed by atoms with van der Waals surface area (Å²) in [4.78, 5) is 20.3. The van der Waals surface area contributed by atoms with Crippen molar-refractivity contribution in [3.05, 3.63) is 47.6 Å². The number of aromatic nitrogens is 3. The van der Waals surface area contributed by atoms with Gasteiger partial charge in [-0.25, -0.2) is 4.98 Å². The first-order chi connectivity index (χ1) is 11.0. The van der Waals surface area contributed by atoms with E-state index in [1.807, 2.05) is 24.3 Å². The molecule has 2 heterocycles. The zero-order valence-electron chi connectivity index (χ0n) is 13.5. The minimum absolute atomic E-state index is 0.202. The van der Waals surface area contributed by atoms with Crippen molar-refractivity contribution in [2.24, 2.45) is 5.92 Å². The van der Waals surface area contributed by atoms with Crippen molar-refractivity contribution < 1.29 is 9.32 Å². The minimum atomic E-state index is -0.257. The van der Waals surface area contributed by atoms with Gasteiger partial charge in [-0.15, -0.1) is 0 Å². The number of aryl methyl sites for hydroxylation is 1. The molecule has 2 aromatic heterocycles. The molecule has 0 aliphatic carbocycles. The Morgan fingerprint density at radius 2 is 2.13 bits per heavy atom. The second-order valence-electron chi connectivity index (χ2n) is 6.12. The summed E-state index contributed by atoms with van der Waals surface area (Å²) in [6.07, 6.45) is 0.780. The number of H-pyrrole nitrogens is 1. The molecule has 1 unspecified atom stereocenters. The zero-order chi connectivity index (χ0) is 16.4. The lowest BCUT2D eigenvalue weighted by Crippen LogP contribution is -2.30. The van der Waals surface area contributed by atoms with Gasteiger partial charge in [-0.2, -0.15) is 0 Å². The fourth-order valence-electron chi connectivity index (χ4n) is 2.55. The lowest BCUT2D eigenvalue weighted by atomic mass is 10.0. The summed E-state index contributed by atoms with van der Waals surface area (Å²) in [6.45, 7) is 5.98. The maximum atomic E-state index is 12.4. The van der Waals surface area contributed by atoms with Gasteiger partial charge in [-0.3, -0.25) is 4.79 Å². The van der Waals surface area contributed by atoms with Gasteiger partial charge in [0.25, 0.3) is 5.91 Å². The van der Waals surface area contributed by atoms with Gasteiger partial charge in [0, 0.05) is 6.07 Å². The third-order valence-electron chi connectivity index (χ3n) is 3.61. The second-order valence-corrected chi connectivity index (χ2v) is 6.12. The highest BCUT2D eigenvalue weighted by Gasteiger charge is 2.22. The first-order valence-electron chi connectivity index (χ1n) is 7.71. The SMILES string of the molecule is Cc1cc(C(=O)NC(CC(C)C)c2nc3ccccc3[nH]2)no1. The minimum Gasteiger partial charge on any atom is -0.361 e. The molecule has 6 nitrogen and oxygen atoms in total. The molecule has 0 bridgehead atoms. The van der Waals surface area contributed by atoms with E-state index < -0.39 is 0 Å². The van der Waals surface area contributed by atoms with Crippen LogP contribution in [0.25, 0.3) is 11.0 Å². The van der Waals surface area contributed by atoms with Crippen molar-refractivity contribution >= 4 is 16.9 Å². The maximum Gasteiger partial charge on any atom is 0.274 e. The number of hydrogen-bond acceptors (Lipinski definition) is 4. The van der Waals surface area contributed by atoms with Crippen LogP contribution in [0.2, 0.25) is 0 Å². The first-order valence-corrected chi connectivity index (χ1v) is 7.71. The smallest absolute Gasteiger partial charge is 0.274 e. The Kier molecular flexibility index (Phi) is 4.14. The van der Waals surface area contributed by atoms with Crippen LogP contribution >= 0.6 is 0 Å². The maximum absolute atomic E-state index is 12.4. The summed E-state index contributed by atoms with van der Waals surface area (Å²) in [5.41, 5.74) is 2.14. The van der Waals surface area contributed by atoms with E-state index in [-0.39, 0.29) is 17.6 Å². The Bertz CT molecular complexity index is 786. The zero-order valence-corrected chi connectivity index (χ0v) is 13.5. The average molecular weight is 312 g/mol. The number of amides is 1. The number of fused-ring (bicyclic) bond motifs is 1. The number of carbonyl (C=O) groups is 1. The monoisotopic (exact) mass is 312 g/mol. The number of imidazole rings is 1. The van der Waals surface area contributed by atoms with Crippen LogP contribution in [-0.2, 0) is 0 Å². The van der Waals surface area contributed by atoms with Crippen LogP contribution in [0.15, 0.2) is 34.9 Å². The molecule has 3 rings (SSSR count). The molecule has 0 saturated heterocycles. The number of rotatable bonds is 5. The van der Waals surface area contributed by atoms with E-state index in [1.165, 1.54) is 0 Å². The molecule has 23 heavy (non-hydrogen) atoms. The van der Waals surface area contributed by atoms with E-state index in [0.29, 0.717) is 11.7 Å². The number of para-hydroxylation sites is 2. The van der Waals surface area contributed by atoms with E-state index in [1.54, 1.807) is 13.0 Å². The summed E-state index contributed by atoms with van der Waals surface area (Å²) >= 11 is 0. The third-order valence-corrected chi connectivity index (χ3v) is 3.61. The van der Waals surface area contributed by atoms with Crippen molar-refractivity contribution in [3.8, 4) is 0 Å². The topological polar surface area (TPSA) is 83.8 Å². The summed E-state index contributed by atoms with van der Waals surface area (Å²) in [5, 5.41) is 6.77. The van der Waals surface area contributed by atoms with E-state index in [2.05, 4.69) is 34.3 Å². The normalized spacial score (nSPS) is 12.7. The molecule has 6 heteroatoms. The van der Waals surface area contributed by atoms with Crippen LogP contribution in [0.1, 0.15) is 48.4 Å². The number of nitrogens with one attached hydrogen (secondary N) is 2. The van der Waals surface area contributed by atoms with Crippen molar-refractivity contribution in [3.63, 3.8) is 0 Å². The Balaban J connectivity index is 1.86. The Labute approximate surface area is 134 Å². The van der Waals surface area contributed by atoms with Crippen LogP contribution in [0.3, 0.4) is 0 Å². The van der Waals surface area contributed by atoms with E-state index in [9.17, 15) is 4.79 Å². The van der Waals surface area contributed by atoms with E-state index >= 15 is 0 Å². The largest absolute Gasteiger partial charge is 0.361 e. The summed E-state index contributed by atoms with van der Waals surface area (Å²) in [5.74, 6) is 1.52. The molecule has 1 atom stereocenters. The molecular formula is C17H20N4O2. The molecule has 0 radical (unpaired) electrons. The van der Waals surface area contributed by atoms with Gasteiger partial charge < -0.3 is 14.8 Å². The van der Waals surface area contributed by atoms with Gasteiger partial charge in [0.1, 0.15) is 11.6 Å². The summed E-state index contributed by atoms with van der Waals surface area (Å²) in [7, 11) is 0. The molecule has 0 saturated carbocycles. The van der Waals surface area contributed by atoms with Crippen LogP contribution in [0.5, 0.6) is 0 Å². The molecule has 120 valence electrons. The molecule has 0 spiro atoms. The molecule has 1 aromatic carbocycles. The molecule has 0 aliphatic heterocycles. The molecule has 3 aromatic rings. The van der Waals surface area contributed by atoms with Crippen LogP contribution < -0.4 is 5.32 Å². The molecule has 2 N–H and O–H groups in total. The third kappa shape index (κ3) is 3.41. The van der Waals surface area contributed by atoms with Gasteiger partial charge in [-0.05, 0) is 31.4 Å². The fraction of sp³-hybridized carbons (Fsp3) is 0.353. The Morgan fingerprint density at radius 3 is 2.78 bits per heavy atom. The highest BCUT2D eigenvalue weighted by molar-refractivity contribution is 5.92. The first kappa shape index (κ1) is 15.3. The lowest BCUT2D eigenvalue weighted by Gasteiger charge is -2.18. The van der Waals surface area contributed by atoms with E-state index in [0.717, 1.165) is 23.3 Å². The van der Waals surface area contributed by atoms with Crippen molar-refractivity contribution in [1.82, 2.24) is 20.4 Å². The predicted molar refractivity (Wildman–Crippen MR) is 87.0 cm³/mol. The second kappa shape index (κ2) is 6.24. The molecule has 0 aliphatic rings. The van der Waals surface area contributed by atoms with Crippen molar-refractivity contribution in [2.45, 2.75) is 33.2 Å². The molecule has 1 amide bonds. The lowest BCUT2D eigenvalue weighted by molar-refractivity contribution is 0.0921. The molecular weight excluding hydrogens is 292 g/mol. The predicted octanol–water partition coefficient (Wildman–Crippen LogP) is 3.38. The van der Waals surface area contributed by atoms with Crippen molar-refractivity contribution in [2.75, 3.05) is 0 Å². The molecule has 0 fully saturated rings. The average Bonchev–Trinajstić information content (AvgIpc) is 3.11. The van der Waals surface area contributed by atoms with Crippen LogP contribution in [0, 0.1) is 12.8 Å². The fourth-order valence-corrected chi connectivity index (χ4v) is 2.55. The van der Waals surface area contributed by atoms with Crippen LogP contribution in [0.4, 0.5) is 0 Å². The number of hydrogen-bond donors (Lipinski definition) is 2.